The molecule has 0 N–H and O–H groups in total. The van der Waals surface area contributed by atoms with Gasteiger partial charge in [0.05, 0.1) is 12.3 Å². The van der Waals surface area contributed by atoms with E-state index in [4.69, 9.17) is 6.57 Å². The van der Waals surface area contributed by atoms with E-state index in [-0.39, 0.29) is 25.8 Å². The van der Waals surface area contributed by atoms with Crippen LogP contribution in [0.5, 0.6) is 0 Å². The van der Waals surface area contributed by atoms with Crippen LogP contribution in [0.4, 0.5) is 10.1 Å². The zero-order valence-corrected chi connectivity index (χ0v) is 11.5. The maximum atomic E-state index is 13.3. The minimum Gasteiger partial charge on any atom is -0.256 e. The summed E-state index contributed by atoms with van der Waals surface area (Å²) in [6.45, 7) is 8.69. The minimum absolute atomic E-state index is 0. The summed E-state index contributed by atoms with van der Waals surface area (Å²) in [5.41, 5.74) is 2.37. The molecule has 0 saturated heterocycles. The quantitative estimate of drug-likeness (QED) is 0.662. The van der Waals surface area contributed by atoms with Gasteiger partial charge in [-0.15, -0.1) is 0 Å². The van der Waals surface area contributed by atoms with E-state index in [2.05, 4.69) is 9.83 Å². The van der Waals surface area contributed by atoms with Crippen molar-refractivity contribution in [3.05, 3.63) is 59.3 Å². The fourth-order valence-corrected chi connectivity index (χ4v) is 1.54. The molecule has 4 heteroatoms. The van der Waals surface area contributed by atoms with Crippen molar-refractivity contribution in [2.45, 2.75) is 6.92 Å². The Bertz CT molecular complexity index is 562. The van der Waals surface area contributed by atoms with Gasteiger partial charge in [0, 0.05) is 26.3 Å². The van der Waals surface area contributed by atoms with Crippen LogP contribution >= 0.6 is 0 Å². The van der Waals surface area contributed by atoms with Crippen molar-refractivity contribution in [3.8, 4) is 11.3 Å². The van der Waals surface area contributed by atoms with E-state index >= 15 is 0 Å². The third kappa shape index (κ3) is 2.76. The summed E-state index contributed by atoms with van der Waals surface area (Å²) in [5.74, 6) is -0.479. The van der Waals surface area contributed by atoms with E-state index in [9.17, 15) is 4.39 Å². The van der Waals surface area contributed by atoms with Crippen LogP contribution in [0.2, 0.25) is 0 Å². The number of benzene rings is 1. The molecule has 1 heterocycles. The Balaban J connectivity index is 0.00000144. The van der Waals surface area contributed by atoms with Gasteiger partial charge in [0.25, 0.3) is 0 Å². The number of hydrogen-bond acceptors (Lipinski definition) is 1. The average molecular weight is 404 g/mol. The van der Waals surface area contributed by atoms with E-state index < -0.39 is 5.82 Å². The zero-order valence-electron chi connectivity index (χ0n) is 9.07. The third-order valence-electron chi connectivity index (χ3n) is 2.36. The van der Waals surface area contributed by atoms with Gasteiger partial charge in [-0.25, -0.2) is 9.24 Å². The largest absolute Gasteiger partial charge is 0.256 e. The molecule has 87 valence electrons. The van der Waals surface area contributed by atoms with Gasteiger partial charge >= 0.3 is 0 Å². The summed E-state index contributed by atoms with van der Waals surface area (Å²) in [7, 11) is 0. The first-order chi connectivity index (χ1) is 7.72. The molecule has 17 heavy (non-hydrogen) atoms. The van der Waals surface area contributed by atoms with Crippen molar-refractivity contribution in [2.75, 3.05) is 0 Å². The average Bonchev–Trinajstić information content (AvgIpc) is 2.30. The fraction of sp³-hybridized carbons (Fsp3) is 0.0769. The maximum absolute atomic E-state index is 13.3. The Kier molecular flexibility index (Phi) is 4.51. The van der Waals surface area contributed by atoms with Crippen LogP contribution in [-0.4, -0.2) is 4.98 Å². The molecule has 0 saturated carbocycles. The van der Waals surface area contributed by atoms with Crippen molar-refractivity contribution in [2.24, 2.45) is 0 Å². The predicted octanol–water partition coefficient (Wildman–Crippen LogP) is 3.74. The van der Waals surface area contributed by atoms with Crippen LogP contribution < -0.4 is 0 Å². The standard InChI is InChI=1S/C13H9FN2.Ir/c1-9-7-11(14)13(15-2)8-10(9)12-5-3-4-6-16-12;/h3-8H,1H3;. The van der Waals surface area contributed by atoms with E-state index in [1.807, 2.05) is 18.2 Å². The van der Waals surface area contributed by atoms with Gasteiger partial charge in [0.1, 0.15) is 5.82 Å². The molecule has 1 radical (unpaired) electrons. The summed E-state index contributed by atoms with van der Waals surface area (Å²) in [5, 5.41) is 0. The van der Waals surface area contributed by atoms with Gasteiger partial charge < -0.3 is 0 Å². The van der Waals surface area contributed by atoms with Crippen molar-refractivity contribution in [3.63, 3.8) is 0 Å². The number of nitrogens with zero attached hydrogens (tertiary/aromatic N) is 2. The number of hydrogen-bond donors (Lipinski definition) is 0. The molecule has 0 fully saturated rings. The molecule has 0 aliphatic heterocycles. The monoisotopic (exact) mass is 405 g/mol. The molecule has 0 spiro atoms. The number of rotatable bonds is 1. The van der Waals surface area contributed by atoms with Crippen molar-refractivity contribution < 1.29 is 24.5 Å². The number of halogens is 1. The summed E-state index contributed by atoms with van der Waals surface area (Å²) >= 11 is 0. The summed E-state index contributed by atoms with van der Waals surface area (Å²) < 4.78 is 13.3. The summed E-state index contributed by atoms with van der Waals surface area (Å²) in [4.78, 5) is 7.33. The minimum atomic E-state index is -0.479. The fourth-order valence-electron chi connectivity index (χ4n) is 1.54. The molecule has 2 aromatic rings. The zero-order chi connectivity index (χ0) is 11.5. The SMILES string of the molecule is [C-]#[N+]c1cc(-c2ccccn2)c(C)cc1F.[Ir]. The molecular weight excluding hydrogens is 395 g/mol. The topological polar surface area (TPSA) is 17.2 Å². The molecule has 1 aromatic carbocycles. The Morgan fingerprint density at radius 3 is 2.65 bits per heavy atom. The third-order valence-corrected chi connectivity index (χ3v) is 2.36. The van der Waals surface area contributed by atoms with E-state index in [1.54, 1.807) is 19.2 Å². The van der Waals surface area contributed by atoms with Crippen LogP contribution in [0.25, 0.3) is 16.1 Å². The summed E-state index contributed by atoms with van der Waals surface area (Å²) in [6, 6.07) is 8.44. The molecule has 0 amide bonds. The Labute approximate surface area is 113 Å². The van der Waals surface area contributed by atoms with Crippen molar-refractivity contribution in [1.82, 2.24) is 4.98 Å². The van der Waals surface area contributed by atoms with E-state index in [0.717, 1.165) is 16.8 Å². The van der Waals surface area contributed by atoms with Crippen LogP contribution in [0, 0.1) is 19.3 Å². The van der Waals surface area contributed by atoms with Gasteiger partial charge in [-0.2, -0.15) is 0 Å². The molecule has 0 atom stereocenters. The Morgan fingerprint density at radius 2 is 2.06 bits per heavy atom. The van der Waals surface area contributed by atoms with Crippen molar-refractivity contribution in [1.29, 1.82) is 0 Å². The van der Waals surface area contributed by atoms with Crippen LogP contribution in [0.1, 0.15) is 5.56 Å². The Hall–Kier alpha value is -1.56. The van der Waals surface area contributed by atoms with E-state index in [1.165, 1.54) is 6.07 Å². The van der Waals surface area contributed by atoms with Gasteiger partial charge in [-0.3, -0.25) is 4.98 Å². The second-order valence-corrected chi connectivity index (χ2v) is 3.45. The molecular formula is C13H9FIrN2. The Morgan fingerprint density at radius 1 is 1.29 bits per heavy atom. The van der Waals surface area contributed by atoms with Crippen LogP contribution in [0.15, 0.2) is 36.5 Å². The molecule has 0 unspecified atom stereocenters. The smallest absolute Gasteiger partial charge is 0.222 e. The normalized spacial score (nSPS) is 9.24. The van der Waals surface area contributed by atoms with Gasteiger partial charge in [-0.1, -0.05) is 6.07 Å². The van der Waals surface area contributed by atoms with Gasteiger partial charge in [-0.05, 0) is 42.3 Å². The maximum Gasteiger partial charge on any atom is 0.222 e. The molecule has 0 bridgehead atoms. The molecule has 0 aliphatic rings. The number of aryl methyl sites for hydroxylation is 1. The van der Waals surface area contributed by atoms with Crippen LogP contribution in [-0.2, 0) is 20.1 Å². The summed E-state index contributed by atoms with van der Waals surface area (Å²) in [6.07, 6.45) is 1.68. The predicted molar refractivity (Wildman–Crippen MR) is 60.6 cm³/mol. The molecule has 2 nitrogen and oxygen atoms in total. The second kappa shape index (κ2) is 5.67. The first-order valence-electron chi connectivity index (χ1n) is 4.81. The first-order valence-corrected chi connectivity index (χ1v) is 4.81. The van der Waals surface area contributed by atoms with E-state index in [0.29, 0.717) is 0 Å². The molecule has 0 aliphatic carbocycles. The van der Waals surface area contributed by atoms with Gasteiger partial charge in [0.2, 0.25) is 5.69 Å². The van der Waals surface area contributed by atoms with Gasteiger partial charge in [0.15, 0.2) is 0 Å². The first kappa shape index (κ1) is 13.5. The number of pyridine rings is 1. The molecule has 1 aromatic heterocycles. The molecule has 2 rings (SSSR count). The van der Waals surface area contributed by atoms with Crippen molar-refractivity contribution >= 4 is 5.69 Å². The second-order valence-electron chi connectivity index (χ2n) is 3.45. The number of aromatic nitrogens is 1. The van der Waals surface area contributed by atoms with Crippen LogP contribution in [0.3, 0.4) is 0 Å².